The molecular weight excluding hydrogens is 342 g/mol. The molecule has 1 aliphatic carbocycles. The van der Waals surface area contributed by atoms with Gasteiger partial charge >= 0.3 is 0 Å². The zero-order valence-electron chi connectivity index (χ0n) is 13.5. The van der Waals surface area contributed by atoms with Gasteiger partial charge in [-0.2, -0.15) is 0 Å². The molecule has 132 valence electrons. The van der Waals surface area contributed by atoms with E-state index in [2.05, 4.69) is 25.6 Å². The second-order valence-corrected chi connectivity index (χ2v) is 6.89. The van der Waals surface area contributed by atoms with Crippen molar-refractivity contribution in [3.05, 3.63) is 45.0 Å². The van der Waals surface area contributed by atoms with Gasteiger partial charge in [-0.3, -0.25) is 19.4 Å². The third-order valence-electron chi connectivity index (χ3n) is 4.27. The van der Waals surface area contributed by atoms with Crippen LogP contribution in [-0.2, 0) is 11.3 Å². The molecule has 0 atom stereocenters. The van der Waals surface area contributed by atoms with Gasteiger partial charge in [0, 0.05) is 18.0 Å². The van der Waals surface area contributed by atoms with Crippen LogP contribution in [0.15, 0.2) is 28.9 Å². The lowest BCUT2D eigenvalue weighted by Gasteiger charge is -2.28. The molecule has 2 amide bonds. The minimum absolute atomic E-state index is 0.0330. The maximum Gasteiger partial charge on any atom is 0.263 e. The summed E-state index contributed by atoms with van der Waals surface area (Å²) in [6.45, 7) is 0.241. The van der Waals surface area contributed by atoms with Crippen molar-refractivity contribution in [1.29, 1.82) is 0 Å². The first-order chi connectivity index (χ1) is 12.1. The number of carbonyl (C=O) groups excluding carboxylic acids is 2. The maximum absolute atomic E-state index is 12.3. The van der Waals surface area contributed by atoms with Gasteiger partial charge in [-0.15, -0.1) is 11.3 Å². The number of aromatic amines is 1. The monoisotopic (exact) mass is 361 g/mol. The minimum Gasteiger partial charge on any atom is -0.350 e. The van der Waals surface area contributed by atoms with Crippen molar-refractivity contribution in [3.8, 4) is 0 Å². The Hall–Kier alpha value is -2.55. The van der Waals surface area contributed by atoms with Gasteiger partial charge in [-0.25, -0.2) is 4.98 Å². The molecule has 3 N–H and O–H groups in total. The summed E-state index contributed by atoms with van der Waals surface area (Å²) in [6.07, 6.45) is 5.87. The van der Waals surface area contributed by atoms with Crippen LogP contribution in [-0.4, -0.2) is 32.8 Å². The van der Waals surface area contributed by atoms with E-state index in [9.17, 15) is 14.4 Å². The number of H-pyrrole nitrogens is 1. The Labute approximate surface area is 148 Å². The zero-order valence-corrected chi connectivity index (χ0v) is 14.3. The van der Waals surface area contributed by atoms with Crippen LogP contribution in [0.3, 0.4) is 0 Å². The zero-order chi connectivity index (χ0) is 17.6. The van der Waals surface area contributed by atoms with Crippen LogP contribution in [0.2, 0.25) is 0 Å². The second kappa shape index (κ2) is 8.02. The number of amides is 2. The van der Waals surface area contributed by atoms with Gasteiger partial charge in [0.05, 0.1) is 30.3 Å². The molecule has 1 fully saturated rings. The second-order valence-electron chi connectivity index (χ2n) is 6.01. The van der Waals surface area contributed by atoms with Crippen molar-refractivity contribution in [2.24, 2.45) is 5.92 Å². The van der Waals surface area contributed by atoms with Crippen LogP contribution >= 0.6 is 11.3 Å². The molecule has 0 radical (unpaired) electrons. The molecule has 8 nitrogen and oxygen atoms in total. The normalized spacial score (nSPS) is 20.0. The fourth-order valence-corrected chi connectivity index (χ4v) is 3.44. The smallest absolute Gasteiger partial charge is 0.263 e. The van der Waals surface area contributed by atoms with Crippen LogP contribution in [0.1, 0.15) is 41.0 Å². The molecular formula is C16H19N5O3S. The summed E-state index contributed by atoms with van der Waals surface area (Å²) in [4.78, 5) is 46.4. The van der Waals surface area contributed by atoms with Crippen LogP contribution in [0, 0.1) is 5.92 Å². The van der Waals surface area contributed by atoms with E-state index in [1.807, 2.05) is 0 Å². The van der Waals surface area contributed by atoms with Gasteiger partial charge in [0.15, 0.2) is 0 Å². The quantitative estimate of drug-likeness (QED) is 0.729. The number of rotatable bonds is 5. The van der Waals surface area contributed by atoms with E-state index in [1.165, 1.54) is 23.7 Å². The summed E-state index contributed by atoms with van der Waals surface area (Å²) < 4.78 is 0. The van der Waals surface area contributed by atoms with E-state index >= 15 is 0 Å². The number of nitrogens with zero attached hydrogens (tertiary/aromatic N) is 2. The molecule has 2 aromatic heterocycles. The van der Waals surface area contributed by atoms with Crippen molar-refractivity contribution >= 4 is 23.2 Å². The highest BCUT2D eigenvalue weighted by Crippen LogP contribution is 2.25. The summed E-state index contributed by atoms with van der Waals surface area (Å²) in [5.74, 6) is -0.205. The molecule has 2 aromatic rings. The Kier molecular flexibility index (Phi) is 5.54. The largest absolute Gasteiger partial charge is 0.350 e. The minimum atomic E-state index is -0.239. The number of aromatic nitrogens is 3. The summed E-state index contributed by atoms with van der Waals surface area (Å²) in [7, 11) is 0. The van der Waals surface area contributed by atoms with E-state index < -0.39 is 0 Å². The van der Waals surface area contributed by atoms with Crippen LogP contribution < -0.4 is 16.2 Å². The SMILES string of the molecule is O=C(NC1CCC(C(=O)NCc2cc(=O)[nH]cn2)CC1)c1cncs1. The molecule has 25 heavy (non-hydrogen) atoms. The Bertz CT molecular complexity index is 781. The average Bonchev–Trinajstić information content (AvgIpc) is 3.15. The molecule has 0 aliphatic heterocycles. The number of hydrogen-bond acceptors (Lipinski definition) is 6. The topological polar surface area (TPSA) is 117 Å². The fraction of sp³-hybridized carbons (Fsp3) is 0.438. The summed E-state index contributed by atoms with van der Waals surface area (Å²) in [5, 5.41) is 5.82. The van der Waals surface area contributed by atoms with Gasteiger partial charge in [0.25, 0.3) is 11.5 Å². The summed E-state index contributed by atoms with van der Waals surface area (Å²) in [5.41, 5.74) is 1.92. The van der Waals surface area contributed by atoms with Gasteiger partial charge in [0.1, 0.15) is 4.88 Å². The van der Waals surface area contributed by atoms with E-state index in [1.54, 1.807) is 11.7 Å². The Balaban J connectivity index is 1.43. The molecule has 0 saturated heterocycles. The Morgan fingerprint density at radius 2 is 2.08 bits per heavy atom. The van der Waals surface area contributed by atoms with E-state index in [4.69, 9.17) is 0 Å². The first-order valence-corrected chi connectivity index (χ1v) is 9.00. The van der Waals surface area contributed by atoms with Crippen molar-refractivity contribution in [2.45, 2.75) is 38.3 Å². The van der Waals surface area contributed by atoms with Crippen LogP contribution in [0.4, 0.5) is 0 Å². The summed E-state index contributed by atoms with van der Waals surface area (Å²) in [6, 6.07) is 1.46. The maximum atomic E-state index is 12.3. The highest BCUT2D eigenvalue weighted by atomic mass is 32.1. The molecule has 3 rings (SSSR count). The predicted molar refractivity (Wildman–Crippen MR) is 92.0 cm³/mol. The van der Waals surface area contributed by atoms with Crippen LogP contribution in [0.25, 0.3) is 0 Å². The molecule has 0 spiro atoms. The van der Waals surface area contributed by atoms with Gasteiger partial charge < -0.3 is 15.6 Å². The summed E-state index contributed by atoms with van der Waals surface area (Å²) >= 11 is 1.31. The molecule has 1 aliphatic rings. The average molecular weight is 361 g/mol. The third-order valence-corrected chi connectivity index (χ3v) is 5.04. The van der Waals surface area contributed by atoms with Gasteiger partial charge in [-0.1, -0.05) is 0 Å². The number of thiazole rings is 1. The van der Waals surface area contributed by atoms with Gasteiger partial charge in [0.2, 0.25) is 5.91 Å². The third kappa shape index (κ3) is 4.72. The molecule has 9 heteroatoms. The number of hydrogen-bond donors (Lipinski definition) is 3. The van der Waals surface area contributed by atoms with Crippen LogP contribution in [0.5, 0.6) is 0 Å². The number of nitrogens with one attached hydrogen (secondary N) is 3. The lowest BCUT2D eigenvalue weighted by Crippen LogP contribution is -2.40. The molecule has 0 aromatic carbocycles. The van der Waals surface area contributed by atoms with Crippen molar-refractivity contribution in [3.63, 3.8) is 0 Å². The molecule has 0 bridgehead atoms. The fourth-order valence-electron chi connectivity index (χ4n) is 2.91. The highest BCUT2D eigenvalue weighted by Gasteiger charge is 2.27. The Morgan fingerprint density at radius 3 is 2.76 bits per heavy atom. The van der Waals surface area contributed by atoms with Crippen molar-refractivity contribution in [1.82, 2.24) is 25.6 Å². The Morgan fingerprint density at radius 1 is 1.28 bits per heavy atom. The predicted octanol–water partition coefficient (Wildman–Crippen LogP) is 0.831. The molecule has 2 heterocycles. The number of carbonyl (C=O) groups is 2. The van der Waals surface area contributed by atoms with Crippen molar-refractivity contribution < 1.29 is 9.59 Å². The lowest BCUT2D eigenvalue weighted by atomic mass is 9.85. The first-order valence-electron chi connectivity index (χ1n) is 8.12. The molecule has 0 unspecified atom stereocenters. The van der Waals surface area contributed by atoms with E-state index in [0.29, 0.717) is 10.6 Å². The highest BCUT2D eigenvalue weighted by molar-refractivity contribution is 7.11. The van der Waals surface area contributed by atoms with E-state index in [-0.39, 0.29) is 35.9 Å². The van der Waals surface area contributed by atoms with E-state index in [0.717, 1.165) is 25.7 Å². The van der Waals surface area contributed by atoms with Gasteiger partial charge in [-0.05, 0) is 25.7 Å². The lowest BCUT2D eigenvalue weighted by molar-refractivity contribution is -0.126. The first kappa shape index (κ1) is 17.3. The standard InChI is InChI=1S/C16H19N5O3S/c22-14-5-12(19-8-20-14)6-18-15(23)10-1-3-11(4-2-10)21-16(24)13-7-17-9-25-13/h5,7-11H,1-4,6H2,(H,18,23)(H,21,24)(H,19,20,22). The molecule has 1 saturated carbocycles. The van der Waals surface area contributed by atoms with Crippen molar-refractivity contribution in [2.75, 3.05) is 0 Å².